The van der Waals surface area contributed by atoms with Crippen molar-refractivity contribution in [3.8, 4) is 0 Å². The lowest BCUT2D eigenvalue weighted by atomic mass is 10.3. The van der Waals surface area contributed by atoms with Gasteiger partial charge in [0.1, 0.15) is 5.01 Å². The smallest absolute Gasteiger partial charge is 0.103 e. The van der Waals surface area contributed by atoms with E-state index in [1.165, 1.54) is 23.5 Å². The minimum atomic E-state index is 0.331. The number of aromatic nitrogens is 1. The topological polar surface area (TPSA) is 24.9 Å². The summed E-state index contributed by atoms with van der Waals surface area (Å²) in [6.45, 7) is 7.70. The molecule has 1 saturated carbocycles. The molecule has 0 spiro atoms. The Morgan fingerprint density at radius 3 is 2.88 bits per heavy atom. The van der Waals surface area contributed by atoms with Crippen LogP contribution in [0.3, 0.4) is 0 Å². The van der Waals surface area contributed by atoms with Gasteiger partial charge in [0.15, 0.2) is 0 Å². The lowest BCUT2D eigenvalue weighted by molar-refractivity contribution is 0.676. The highest BCUT2D eigenvalue weighted by molar-refractivity contribution is 7.99. The van der Waals surface area contributed by atoms with Crippen LogP contribution in [0.25, 0.3) is 0 Å². The molecule has 0 amide bonds. The van der Waals surface area contributed by atoms with Gasteiger partial charge in [0, 0.05) is 28.5 Å². The Balaban J connectivity index is 1.77. The molecule has 1 aliphatic carbocycles. The van der Waals surface area contributed by atoms with Crippen LogP contribution in [0.5, 0.6) is 0 Å². The Morgan fingerprint density at radius 2 is 2.25 bits per heavy atom. The van der Waals surface area contributed by atoms with Crippen molar-refractivity contribution in [2.24, 2.45) is 0 Å². The molecule has 0 atom stereocenters. The van der Waals surface area contributed by atoms with E-state index in [4.69, 9.17) is 0 Å². The molecule has 0 saturated heterocycles. The first-order chi connectivity index (χ1) is 7.53. The summed E-state index contributed by atoms with van der Waals surface area (Å²) >= 11 is 3.75. The number of rotatable bonds is 5. The SMILES string of the molecule is CC(C)(C)SCc1nc(CNC2CC2)cs1. The zero-order chi connectivity index (χ0) is 11.6. The first kappa shape index (κ1) is 12.4. The van der Waals surface area contributed by atoms with Crippen LogP contribution in [0.4, 0.5) is 0 Å². The summed E-state index contributed by atoms with van der Waals surface area (Å²) in [5, 5.41) is 6.94. The van der Waals surface area contributed by atoms with Crippen molar-refractivity contribution in [2.45, 2.75) is 56.7 Å². The lowest BCUT2D eigenvalue weighted by Crippen LogP contribution is -2.15. The molecule has 0 aliphatic heterocycles. The second-order valence-electron chi connectivity index (χ2n) is 5.29. The highest BCUT2D eigenvalue weighted by Crippen LogP contribution is 2.28. The third kappa shape index (κ3) is 4.44. The summed E-state index contributed by atoms with van der Waals surface area (Å²) in [5.74, 6) is 1.04. The molecule has 1 aliphatic rings. The molecule has 0 aromatic carbocycles. The quantitative estimate of drug-likeness (QED) is 0.873. The van der Waals surface area contributed by atoms with Gasteiger partial charge in [-0.15, -0.1) is 23.1 Å². The summed E-state index contributed by atoms with van der Waals surface area (Å²) in [5.41, 5.74) is 1.21. The highest BCUT2D eigenvalue weighted by atomic mass is 32.2. The zero-order valence-corrected chi connectivity index (χ0v) is 11.9. The van der Waals surface area contributed by atoms with E-state index in [2.05, 4.69) is 36.5 Å². The minimum Gasteiger partial charge on any atom is -0.308 e. The van der Waals surface area contributed by atoms with Gasteiger partial charge in [0.2, 0.25) is 0 Å². The van der Waals surface area contributed by atoms with E-state index in [9.17, 15) is 0 Å². The molecule has 0 radical (unpaired) electrons. The second kappa shape index (κ2) is 5.07. The van der Waals surface area contributed by atoms with Crippen molar-refractivity contribution in [3.63, 3.8) is 0 Å². The highest BCUT2D eigenvalue weighted by Gasteiger charge is 2.20. The summed E-state index contributed by atoms with van der Waals surface area (Å²) in [7, 11) is 0. The number of nitrogens with one attached hydrogen (secondary N) is 1. The number of hydrogen-bond donors (Lipinski definition) is 1. The van der Waals surface area contributed by atoms with E-state index in [1.807, 2.05) is 11.8 Å². The average Bonchev–Trinajstić information content (AvgIpc) is 2.91. The summed E-state index contributed by atoms with van der Waals surface area (Å²) in [6, 6.07) is 0.772. The molecule has 0 bridgehead atoms. The third-order valence-corrected chi connectivity index (χ3v) is 4.74. The van der Waals surface area contributed by atoms with Crippen molar-refractivity contribution in [3.05, 3.63) is 16.1 Å². The van der Waals surface area contributed by atoms with Crippen LogP contribution >= 0.6 is 23.1 Å². The van der Waals surface area contributed by atoms with Crippen LogP contribution in [0.2, 0.25) is 0 Å². The molecule has 1 aromatic heterocycles. The number of nitrogens with zero attached hydrogens (tertiary/aromatic N) is 1. The molecule has 16 heavy (non-hydrogen) atoms. The predicted molar refractivity (Wildman–Crippen MR) is 73.0 cm³/mol. The summed E-state index contributed by atoms with van der Waals surface area (Å²) in [6.07, 6.45) is 2.69. The zero-order valence-electron chi connectivity index (χ0n) is 10.2. The van der Waals surface area contributed by atoms with Crippen LogP contribution in [0.1, 0.15) is 44.3 Å². The fraction of sp³-hybridized carbons (Fsp3) is 0.750. The monoisotopic (exact) mass is 256 g/mol. The second-order valence-corrected chi connectivity index (χ2v) is 8.03. The normalized spacial score (nSPS) is 16.7. The van der Waals surface area contributed by atoms with Gasteiger partial charge in [-0.05, 0) is 12.8 Å². The lowest BCUT2D eigenvalue weighted by Gasteiger charge is -2.16. The largest absolute Gasteiger partial charge is 0.308 e. The Bertz CT molecular complexity index is 337. The molecule has 90 valence electrons. The standard InChI is InChI=1S/C12H20N2S2/c1-12(2,3)16-8-11-14-10(7-15-11)6-13-9-4-5-9/h7,9,13H,4-6,8H2,1-3H3. The van der Waals surface area contributed by atoms with Gasteiger partial charge in [0.05, 0.1) is 5.69 Å². The Hall–Kier alpha value is -0.0600. The Labute approximate surface area is 106 Å². The first-order valence-electron chi connectivity index (χ1n) is 5.83. The molecule has 0 unspecified atom stereocenters. The minimum absolute atomic E-state index is 0.331. The molecule has 1 aromatic rings. The van der Waals surface area contributed by atoms with Gasteiger partial charge < -0.3 is 5.32 Å². The number of thioether (sulfide) groups is 1. The maximum Gasteiger partial charge on any atom is 0.103 e. The van der Waals surface area contributed by atoms with Crippen LogP contribution in [-0.4, -0.2) is 15.8 Å². The number of hydrogen-bond acceptors (Lipinski definition) is 4. The molecular weight excluding hydrogens is 236 g/mol. The summed E-state index contributed by atoms with van der Waals surface area (Å²) < 4.78 is 0.331. The van der Waals surface area contributed by atoms with E-state index < -0.39 is 0 Å². The fourth-order valence-electron chi connectivity index (χ4n) is 1.31. The molecule has 2 nitrogen and oxygen atoms in total. The summed E-state index contributed by atoms with van der Waals surface area (Å²) in [4.78, 5) is 4.65. The van der Waals surface area contributed by atoms with E-state index in [1.54, 1.807) is 11.3 Å². The van der Waals surface area contributed by atoms with Crippen molar-refractivity contribution in [2.75, 3.05) is 0 Å². The predicted octanol–water partition coefficient (Wildman–Crippen LogP) is 3.43. The van der Waals surface area contributed by atoms with Gasteiger partial charge >= 0.3 is 0 Å². The molecule has 1 heterocycles. The van der Waals surface area contributed by atoms with Crippen molar-refractivity contribution in [1.29, 1.82) is 0 Å². The Kier molecular flexibility index (Phi) is 3.93. The van der Waals surface area contributed by atoms with Gasteiger partial charge in [-0.2, -0.15) is 0 Å². The van der Waals surface area contributed by atoms with Crippen LogP contribution in [0, 0.1) is 0 Å². The van der Waals surface area contributed by atoms with Gasteiger partial charge in [-0.1, -0.05) is 20.8 Å². The molecule has 1 fully saturated rings. The van der Waals surface area contributed by atoms with E-state index in [-0.39, 0.29) is 0 Å². The van der Waals surface area contributed by atoms with Crippen LogP contribution in [0.15, 0.2) is 5.38 Å². The number of thiazole rings is 1. The first-order valence-corrected chi connectivity index (χ1v) is 7.70. The van der Waals surface area contributed by atoms with Crippen molar-refractivity contribution >= 4 is 23.1 Å². The Morgan fingerprint density at radius 1 is 1.50 bits per heavy atom. The van der Waals surface area contributed by atoms with Crippen LogP contribution < -0.4 is 5.32 Å². The van der Waals surface area contributed by atoms with E-state index in [0.717, 1.165) is 18.3 Å². The molecule has 4 heteroatoms. The third-order valence-electron chi connectivity index (χ3n) is 2.38. The molecule has 2 rings (SSSR count). The maximum atomic E-state index is 4.65. The van der Waals surface area contributed by atoms with Gasteiger partial charge in [-0.3, -0.25) is 0 Å². The van der Waals surface area contributed by atoms with E-state index in [0.29, 0.717) is 4.75 Å². The average molecular weight is 256 g/mol. The maximum absolute atomic E-state index is 4.65. The van der Waals surface area contributed by atoms with E-state index >= 15 is 0 Å². The van der Waals surface area contributed by atoms with Crippen molar-refractivity contribution < 1.29 is 0 Å². The van der Waals surface area contributed by atoms with Gasteiger partial charge in [0.25, 0.3) is 0 Å². The molecule has 1 N–H and O–H groups in total. The molecular formula is C12H20N2S2. The van der Waals surface area contributed by atoms with Crippen molar-refractivity contribution in [1.82, 2.24) is 10.3 Å². The van der Waals surface area contributed by atoms with Crippen LogP contribution in [-0.2, 0) is 12.3 Å². The fourth-order valence-corrected chi connectivity index (χ4v) is 2.96. The van der Waals surface area contributed by atoms with Gasteiger partial charge in [-0.25, -0.2) is 4.98 Å².